The van der Waals surface area contributed by atoms with Gasteiger partial charge in [0.05, 0.1) is 18.4 Å². The maximum atomic E-state index is 11.8. The summed E-state index contributed by atoms with van der Waals surface area (Å²) >= 11 is 3.86. The number of esters is 1. The first kappa shape index (κ1) is 23.6. The smallest absolute Gasteiger partial charge is 0.337 e. The van der Waals surface area contributed by atoms with E-state index in [9.17, 15) is 13.6 Å². The van der Waals surface area contributed by atoms with E-state index in [1.807, 2.05) is 19.1 Å². The van der Waals surface area contributed by atoms with Crippen molar-refractivity contribution >= 4 is 40.4 Å². The van der Waals surface area contributed by atoms with Gasteiger partial charge in [0.25, 0.3) is 0 Å². The highest BCUT2D eigenvalue weighted by Gasteiger charge is 2.15. The largest absolute Gasteiger partial charge is 0.772 e. The Morgan fingerprint density at radius 1 is 1.25 bits per heavy atom. The summed E-state index contributed by atoms with van der Waals surface area (Å²) in [6.07, 6.45) is 0.281. The van der Waals surface area contributed by atoms with Crippen molar-refractivity contribution in [3.05, 3.63) is 70.2 Å². The number of anilines is 2. The van der Waals surface area contributed by atoms with Gasteiger partial charge in [-0.1, -0.05) is 35.9 Å². The summed E-state index contributed by atoms with van der Waals surface area (Å²) in [7, 11) is 1.29. The van der Waals surface area contributed by atoms with Gasteiger partial charge in [0.15, 0.2) is 0 Å². The Bertz CT molecular complexity index is 1140. The van der Waals surface area contributed by atoms with Gasteiger partial charge in [-0.3, -0.25) is 4.21 Å². The zero-order chi connectivity index (χ0) is 23.3. The lowest BCUT2D eigenvalue weighted by Gasteiger charge is -2.21. The van der Waals surface area contributed by atoms with Crippen LogP contribution in [0.4, 0.5) is 11.8 Å². The molecule has 0 aliphatic heterocycles. The molecule has 0 amide bonds. The van der Waals surface area contributed by atoms with Gasteiger partial charge in [0, 0.05) is 28.4 Å². The highest BCUT2D eigenvalue weighted by Crippen LogP contribution is 2.29. The Morgan fingerprint density at radius 2 is 1.97 bits per heavy atom. The summed E-state index contributed by atoms with van der Waals surface area (Å²) in [5, 5.41) is 2.97. The molecule has 0 bridgehead atoms. The van der Waals surface area contributed by atoms with E-state index in [-0.39, 0.29) is 12.4 Å². The SMILES string of the molecule is COC(=O)c1ccc(C(CCNc2cc(-c3cccc(Cl)c3C)nc(N)n2)S(=O)[O-])cc1. The van der Waals surface area contributed by atoms with Crippen LogP contribution in [0.5, 0.6) is 0 Å². The third-order valence-corrected chi connectivity index (χ3v) is 6.32. The van der Waals surface area contributed by atoms with Crippen LogP contribution in [0.25, 0.3) is 11.3 Å². The second-order valence-electron chi connectivity index (χ2n) is 6.99. The van der Waals surface area contributed by atoms with Crippen molar-refractivity contribution < 1.29 is 18.3 Å². The Labute approximate surface area is 193 Å². The quantitative estimate of drug-likeness (QED) is 0.372. The molecule has 1 aromatic heterocycles. The topological polar surface area (TPSA) is 130 Å². The second-order valence-corrected chi connectivity index (χ2v) is 8.48. The lowest BCUT2D eigenvalue weighted by atomic mass is 10.1. The van der Waals surface area contributed by atoms with Crippen LogP contribution in [0.15, 0.2) is 48.5 Å². The first-order valence-corrected chi connectivity index (χ1v) is 11.2. The molecule has 10 heteroatoms. The minimum atomic E-state index is -2.35. The molecule has 1 heterocycles. The molecule has 168 valence electrons. The number of hydrogen-bond acceptors (Lipinski definition) is 8. The Morgan fingerprint density at radius 3 is 2.62 bits per heavy atom. The summed E-state index contributed by atoms with van der Waals surface area (Å²) in [4.78, 5) is 20.0. The van der Waals surface area contributed by atoms with Crippen LogP contribution in [0, 0.1) is 6.92 Å². The molecule has 0 spiro atoms. The van der Waals surface area contributed by atoms with Gasteiger partial charge >= 0.3 is 5.97 Å². The van der Waals surface area contributed by atoms with Crippen molar-refractivity contribution in [3.8, 4) is 11.3 Å². The number of halogens is 1. The number of nitrogens with zero attached hydrogens (tertiary/aromatic N) is 2. The molecule has 2 aromatic carbocycles. The maximum Gasteiger partial charge on any atom is 0.337 e. The standard InChI is InChI=1S/C22H23ClN4O4S/c1-13-16(4-3-5-17(13)23)18-12-20(27-22(24)26-18)25-11-10-19(32(29)30)14-6-8-15(9-7-14)21(28)31-2/h3-9,12,19H,10-11H2,1-2H3,(H,29,30)(H3,24,25,26,27)/p-1. The van der Waals surface area contributed by atoms with E-state index in [1.165, 1.54) is 7.11 Å². The molecule has 0 fully saturated rings. The number of aromatic nitrogens is 2. The lowest BCUT2D eigenvalue weighted by Crippen LogP contribution is -2.14. The fourth-order valence-corrected chi connectivity index (χ4v) is 4.10. The van der Waals surface area contributed by atoms with E-state index in [0.29, 0.717) is 34.2 Å². The average Bonchev–Trinajstić information content (AvgIpc) is 2.77. The van der Waals surface area contributed by atoms with E-state index in [1.54, 1.807) is 36.4 Å². The molecule has 32 heavy (non-hydrogen) atoms. The Kier molecular flexibility index (Phi) is 7.79. The third-order valence-electron chi connectivity index (χ3n) is 4.94. The van der Waals surface area contributed by atoms with Gasteiger partial charge in [0.2, 0.25) is 5.95 Å². The number of nitrogens with two attached hydrogens (primary N) is 1. The van der Waals surface area contributed by atoms with Crippen molar-refractivity contribution in [1.29, 1.82) is 0 Å². The number of benzene rings is 2. The van der Waals surface area contributed by atoms with E-state index in [2.05, 4.69) is 20.0 Å². The van der Waals surface area contributed by atoms with Crippen molar-refractivity contribution in [2.75, 3.05) is 24.7 Å². The van der Waals surface area contributed by atoms with E-state index in [4.69, 9.17) is 17.3 Å². The van der Waals surface area contributed by atoms with Crippen molar-refractivity contribution in [2.24, 2.45) is 0 Å². The number of nitrogen functional groups attached to an aromatic ring is 1. The van der Waals surface area contributed by atoms with Crippen LogP contribution in [0.3, 0.4) is 0 Å². The van der Waals surface area contributed by atoms with Crippen LogP contribution in [-0.2, 0) is 15.8 Å². The number of rotatable bonds is 8. The molecule has 8 nitrogen and oxygen atoms in total. The molecule has 3 rings (SSSR count). The first-order chi connectivity index (χ1) is 15.3. The zero-order valence-electron chi connectivity index (χ0n) is 17.5. The molecule has 3 aromatic rings. The fourth-order valence-electron chi connectivity index (χ4n) is 3.24. The van der Waals surface area contributed by atoms with Crippen molar-refractivity contribution in [3.63, 3.8) is 0 Å². The van der Waals surface area contributed by atoms with Gasteiger partial charge < -0.3 is 20.3 Å². The number of carbonyl (C=O) groups excluding carboxylic acids is 1. The molecule has 0 saturated heterocycles. The molecular weight excluding hydrogens is 452 g/mol. The molecule has 2 atom stereocenters. The second kappa shape index (κ2) is 10.5. The molecule has 0 saturated carbocycles. The predicted molar refractivity (Wildman–Crippen MR) is 124 cm³/mol. The van der Waals surface area contributed by atoms with Crippen LogP contribution < -0.4 is 11.1 Å². The summed E-state index contributed by atoms with van der Waals surface area (Å²) < 4.78 is 28.3. The van der Waals surface area contributed by atoms with Gasteiger partial charge in [0.1, 0.15) is 5.82 Å². The monoisotopic (exact) mass is 473 g/mol. The van der Waals surface area contributed by atoms with Gasteiger partial charge in [-0.05, 0) is 53.8 Å². The van der Waals surface area contributed by atoms with Gasteiger partial charge in [-0.2, -0.15) is 4.98 Å². The number of hydrogen-bond donors (Lipinski definition) is 2. The molecule has 0 radical (unpaired) electrons. The van der Waals surface area contributed by atoms with Crippen molar-refractivity contribution in [1.82, 2.24) is 9.97 Å². The van der Waals surface area contributed by atoms with Crippen LogP contribution in [-0.4, -0.2) is 38.4 Å². The van der Waals surface area contributed by atoms with E-state index in [0.717, 1.165) is 11.1 Å². The number of ether oxygens (including phenoxy) is 1. The lowest BCUT2D eigenvalue weighted by molar-refractivity contribution is 0.0600. The van der Waals surface area contributed by atoms with E-state index >= 15 is 0 Å². The van der Waals surface area contributed by atoms with Crippen LogP contribution in [0.1, 0.15) is 33.2 Å². The molecule has 3 N–H and O–H groups in total. The number of carbonyl (C=O) groups is 1. The van der Waals surface area contributed by atoms with Crippen LogP contribution >= 0.6 is 11.6 Å². The minimum Gasteiger partial charge on any atom is -0.772 e. The molecular formula is C22H22ClN4O4S-. The zero-order valence-corrected chi connectivity index (χ0v) is 19.1. The highest BCUT2D eigenvalue weighted by molar-refractivity contribution is 7.79. The summed E-state index contributed by atoms with van der Waals surface area (Å²) in [6, 6.07) is 13.6. The summed E-state index contributed by atoms with van der Waals surface area (Å²) in [5.41, 5.74) is 9.12. The van der Waals surface area contributed by atoms with Gasteiger partial charge in [-0.25, -0.2) is 9.78 Å². The van der Waals surface area contributed by atoms with E-state index < -0.39 is 22.3 Å². The highest BCUT2D eigenvalue weighted by atomic mass is 35.5. The van der Waals surface area contributed by atoms with Crippen molar-refractivity contribution in [2.45, 2.75) is 18.6 Å². The number of methoxy groups -OCH3 is 1. The predicted octanol–water partition coefficient (Wildman–Crippen LogP) is 3.90. The Hall–Kier alpha value is -3.01. The summed E-state index contributed by atoms with van der Waals surface area (Å²) in [6.45, 7) is 2.21. The minimum absolute atomic E-state index is 0.0896. The third kappa shape index (κ3) is 5.61. The molecule has 0 aliphatic carbocycles. The van der Waals surface area contributed by atoms with Crippen LogP contribution in [0.2, 0.25) is 5.02 Å². The normalized spacial score (nSPS) is 12.8. The molecule has 0 aliphatic rings. The van der Waals surface area contributed by atoms with Gasteiger partial charge in [-0.15, -0.1) is 0 Å². The Balaban J connectivity index is 1.73. The maximum absolute atomic E-state index is 11.8. The number of nitrogens with one attached hydrogen (secondary N) is 1. The first-order valence-electron chi connectivity index (χ1n) is 9.70. The average molecular weight is 474 g/mol. The summed E-state index contributed by atoms with van der Waals surface area (Å²) in [5.74, 6) is 0.0835. The molecule has 2 unspecified atom stereocenters. The fraction of sp³-hybridized carbons (Fsp3) is 0.227.